The van der Waals surface area contributed by atoms with Gasteiger partial charge >= 0.3 is 6.01 Å². The van der Waals surface area contributed by atoms with Crippen LogP contribution in [0.25, 0.3) is 32.9 Å². The third-order valence-electron chi connectivity index (χ3n) is 10.4. The maximum absolute atomic E-state index is 17.1. The van der Waals surface area contributed by atoms with Crippen molar-refractivity contribution in [1.82, 2.24) is 25.2 Å². The van der Waals surface area contributed by atoms with E-state index in [1.54, 1.807) is 0 Å². The number of aromatic hydroxyl groups is 1. The van der Waals surface area contributed by atoms with Crippen LogP contribution in [0.3, 0.4) is 0 Å². The molecule has 2 aromatic heterocycles. The van der Waals surface area contributed by atoms with Crippen LogP contribution in [0.4, 0.5) is 19.0 Å². The van der Waals surface area contributed by atoms with E-state index in [1.165, 1.54) is 24.3 Å². The van der Waals surface area contributed by atoms with E-state index >= 15 is 4.39 Å². The summed E-state index contributed by atoms with van der Waals surface area (Å²) < 4.78 is 59.4. The molecule has 244 valence electrons. The van der Waals surface area contributed by atoms with Crippen LogP contribution in [0.5, 0.6) is 17.6 Å². The number of halogens is 3. The summed E-state index contributed by atoms with van der Waals surface area (Å²) in [4.78, 5) is 18.4. The Kier molecular flexibility index (Phi) is 7.11. The van der Waals surface area contributed by atoms with Gasteiger partial charge in [0.05, 0.1) is 17.1 Å². The number of alkyl halides is 1. The summed E-state index contributed by atoms with van der Waals surface area (Å²) in [6, 6.07) is 5.28. The van der Waals surface area contributed by atoms with Crippen molar-refractivity contribution in [2.45, 2.75) is 69.4 Å². The molecule has 0 amide bonds. The molecular weight excluding hydrogens is 609 g/mol. The second kappa shape index (κ2) is 11.1. The Morgan fingerprint density at radius 2 is 2.04 bits per heavy atom. The van der Waals surface area contributed by atoms with Crippen LogP contribution >= 0.6 is 0 Å². The fraction of sp³-hybridized carbons (Fsp3) is 0.457. The molecule has 2 N–H and O–H groups in total. The lowest BCUT2D eigenvalue weighted by atomic mass is 9.95. The number of hydrogen-bond donors (Lipinski definition) is 2. The molecule has 0 unspecified atom stereocenters. The van der Waals surface area contributed by atoms with Crippen LogP contribution in [0, 0.1) is 24.0 Å². The van der Waals surface area contributed by atoms with E-state index < -0.39 is 29.4 Å². The summed E-state index contributed by atoms with van der Waals surface area (Å²) in [5.74, 6) is 1.28. The molecule has 2 aromatic carbocycles. The molecule has 0 aliphatic carbocycles. The summed E-state index contributed by atoms with van der Waals surface area (Å²) in [6.07, 6.45) is 7.32. The molecule has 6 heterocycles. The van der Waals surface area contributed by atoms with Gasteiger partial charge < -0.3 is 24.8 Å². The number of nitrogens with one attached hydrogen (secondary N) is 1. The van der Waals surface area contributed by atoms with E-state index in [9.17, 15) is 13.9 Å². The topological polar surface area (TPSA) is 95.9 Å². The van der Waals surface area contributed by atoms with Gasteiger partial charge in [-0.05, 0) is 56.3 Å². The summed E-state index contributed by atoms with van der Waals surface area (Å²) in [6.45, 7) is 6.63. The zero-order valence-corrected chi connectivity index (χ0v) is 26.2. The number of rotatable bonds is 5. The number of hydrogen-bond acceptors (Lipinski definition) is 9. The molecule has 8 rings (SSSR count). The number of piperazine rings is 1. The first-order valence-corrected chi connectivity index (χ1v) is 16.2. The van der Waals surface area contributed by atoms with Gasteiger partial charge in [0, 0.05) is 43.0 Å². The molecule has 0 saturated carbocycles. The second-order valence-electron chi connectivity index (χ2n) is 13.1. The number of pyridine rings is 1. The van der Waals surface area contributed by atoms with Crippen LogP contribution in [0.2, 0.25) is 0 Å². The molecule has 3 fully saturated rings. The lowest BCUT2D eigenvalue weighted by molar-refractivity contribution is 0.107. The highest BCUT2D eigenvalue weighted by Crippen LogP contribution is 2.45. The van der Waals surface area contributed by atoms with Crippen LogP contribution in [0.1, 0.15) is 45.1 Å². The third kappa shape index (κ3) is 4.65. The molecule has 47 heavy (non-hydrogen) atoms. The summed E-state index contributed by atoms with van der Waals surface area (Å²) >= 11 is 0. The van der Waals surface area contributed by atoms with E-state index in [0.29, 0.717) is 42.6 Å². The van der Waals surface area contributed by atoms with Crippen LogP contribution in [-0.4, -0.2) is 87.6 Å². The summed E-state index contributed by atoms with van der Waals surface area (Å²) in [7, 11) is 0. The highest BCUT2D eigenvalue weighted by molar-refractivity contribution is 6.04. The van der Waals surface area contributed by atoms with E-state index in [0.717, 1.165) is 25.8 Å². The molecule has 4 aromatic rings. The maximum atomic E-state index is 17.1. The Bertz CT molecular complexity index is 1970. The predicted molar refractivity (Wildman–Crippen MR) is 172 cm³/mol. The Balaban J connectivity index is 1.35. The number of nitrogens with zero attached hydrogens (tertiary/aromatic N) is 5. The zero-order chi connectivity index (χ0) is 32.6. The molecule has 4 aliphatic rings. The van der Waals surface area contributed by atoms with Gasteiger partial charge in [0.15, 0.2) is 5.82 Å². The Labute approximate surface area is 270 Å². The zero-order valence-electron chi connectivity index (χ0n) is 26.2. The Morgan fingerprint density at radius 1 is 1.19 bits per heavy atom. The van der Waals surface area contributed by atoms with Gasteiger partial charge in [-0.25, -0.2) is 18.2 Å². The molecule has 9 nitrogen and oxygen atoms in total. The number of terminal acetylenes is 1. The van der Waals surface area contributed by atoms with Crippen molar-refractivity contribution < 1.29 is 27.8 Å². The van der Waals surface area contributed by atoms with Crippen molar-refractivity contribution in [1.29, 1.82) is 0 Å². The summed E-state index contributed by atoms with van der Waals surface area (Å²) in [5, 5.41) is 15.2. The maximum Gasteiger partial charge on any atom is 0.319 e. The van der Waals surface area contributed by atoms with Crippen molar-refractivity contribution in [2.24, 2.45) is 0 Å². The van der Waals surface area contributed by atoms with Gasteiger partial charge in [0.1, 0.15) is 52.9 Å². The minimum atomic E-state index is -0.934. The van der Waals surface area contributed by atoms with Crippen LogP contribution in [-0.2, 0) is 0 Å². The highest BCUT2D eigenvalue weighted by atomic mass is 19.1. The first kappa shape index (κ1) is 30.0. The van der Waals surface area contributed by atoms with Crippen LogP contribution < -0.4 is 19.7 Å². The number of fused-ring (bicyclic) bond motifs is 4. The standard InChI is InChI=1S/C35H35F3N6O3/c1-4-22-24(37)8-7-19-13-21(45)14-23(26(19)22)29-28(38)30-27-32(44-12-10-39-25(5-2)31(44)18(3)47-33(27)40-29)42-34(41-30)46-17-35-9-6-11-43(35)16-20(36)15-35/h1,7-8,13-14,18,20,25,31,39,45H,5-6,9-12,15-17H2,2-3H3/t18-,20+,25-,31+,35-/m0/s1. The van der Waals surface area contributed by atoms with E-state index in [-0.39, 0.29) is 64.1 Å². The number of benzene rings is 2. The minimum absolute atomic E-state index is 0.0333. The number of phenols is 1. The SMILES string of the molecule is C#Cc1c(F)ccc2cc(O)cc(-c3nc4c5c(nc(OC[C@@]67CCCN6C[C@H](F)C7)nc5c3F)N3CCN[C@@H](CC)[C@H]3[C@H](C)O4)c12. The smallest absolute Gasteiger partial charge is 0.319 e. The van der Waals surface area contributed by atoms with Gasteiger partial charge in [0.2, 0.25) is 5.88 Å². The summed E-state index contributed by atoms with van der Waals surface area (Å²) in [5.41, 5.74) is -0.742. The number of phenolic OH excluding ortho intramolecular Hbond substituents is 1. The van der Waals surface area contributed by atoms with Crippen molar-refractivity contribution in [2.75, 3.05) is 37.7 Å². The molecule has 0 radical (unpaired) electrons. The van der Waals surface area contributed by atoms with Crippen molar-refractivity contribution >= 4 is 27.5 Å². The third-order valence-corrected chi connectivity index (χ3v) is 10.4. The van der Waals surface area contributed by atoms with Crippen molar-refractivity contribution in [3.8, 4) is 41.2 Å². The number of ether oxygens (including phenoxy) is 2. The first-order valence-electron chi connectivity index (χ1n) is 16.2. The highest BCUT2D eigenvalue weighted by Gasteiger charge is 2.49. The molecule has 12 heteroatoms. The fourth-order valence-electron chi connectivity index (χ4n) is 8.36. The quantitative estimate of drug-likeness (QED) is 0.288. The average Bonchev–Trinajstić information content (AvgIpc) is 3.55. The van der Waals surface area contributed by atoms with E-state index in [4.69, 9.17) is 25.9 Å². The largest absolute Gasteiger partial charge is 0.508 e. The van der Waals surface area contributed by atoms with Crippen molar-refractivity contribution in [3.63, 3.8) is 0 Å². The molecular formula is C35H35F3N6O3. The lowest BCUT2D eigenvalue weighted by Gasteiger charge is -2.43. The second-order valence-corrected chi connectivity index (χ2v) is 13.1. The van der Waals surface area contributed by atoms with Gasteiger partial charge in [-0.2, -0.15) is 9.97 Å². The first-order chi connectivity index (χ1) is 22.7. The molecule has 0 spiro atoms. The Hall–Kier alpha value is -4.34. The normalized spacial score (nSPS) is 26.9. The van der Waals surface area contributed by atoms with Gasteiger partial charge in [0.25, 0.3) is 0 Å². The molecule has 5 atom stereocenters. The predicted octanol–water partition coefficient (Wildman–Crippen LogP) is 5.10. The van der Waals surface area contributed by atoms with Crippen molar-refractivity contribution in [3.05, 3.63) is 41.5 Å². The van der Waals surface area contributed by atoms with Gasteiger partial charge in [-0.3, -0.25) is 4.90 Å². The van der Waals surface area contributed by atoms with Gasteiger partial charge in [-0.1, -0.05) is 18.9 Å². The number of anilines is 1. The van der Waals surface area contributed by atoms with E-state index in [1.807, 2.05) is 6.92 Å². The van der Waals surface area contributed by atoms with Crippen LogP contribution in [0.15, 0.2) is 24.3 Å². The molecule has 4 aliphatic heterocycles. The molecule has 3 saturated heterocycles. The lowest BCUT2D eigenvalue weighted by Crippen LogP contribution is -2.62. The minimum Gasteiger partial charge on any atom is -0.508 e. The monoisotopic (exact) mass is 644 g/mol. The van der Waals surface area contributed by atoms with Gasteiger partial charge in [-0.15, -0.1) is 6.42 Å². The average molecular weight is 645 g/mol. The Morgan fingerprint density at radius 3 is 2.85 bits per heavy atom. The fourth-order valence-corrected chi connectivity index (χ4v) is 8.36. The number of aromatic nitrogens is 3. The van der Waals surface area contributed by atoms with E-state index in [2.05, 4.69) is 32.9 Å². The molecule has 0 bridgehead atoms.